The first-order valence-electron chi connectivity index (χ1n) is 7.86. The summed E-state index contributed by atoms with van der Waals surface area (Å²) in [5.41, 5.74) is 3.53. The molecule has 0 aliphatic heterocycles. The van der Waals surface area contributed by atoms with Crippen molar-refractivity contribution in [3.8, 4) is 10.6 Å². The molecule has 26 heavy (non-hydrogen) atoms. The van der Waals surface area contributed by atoms with Crippen LogP contribution in [0.1, 0.15) is 17.0 Å². The Labute approximate surface area is 158 Å². The summed E-state index contributed by atoms with van der Waals surface area (Å²) in [6.07, 6.45) is 0.267. The zero-order valence-electron chi connectivity index (χ0n) is 14.3. The molecule has 1 N–H and O–H groups in total. The number of thiazole rings is 2. The quantitative estimate of drug-likeness (QED) is 0.655. The Morgan fingerprint density at radius 3 is 2.46 bits per heavy atom. The van der Waals surface area contributed by atoms with E-state index in [0.717, 1.165) is 16.3 Å². The highest BCUT2D eigenvalue weighted by atomic mass is 32.1. The second-order valence-corrected chi connectivity index (χ2v) is 7.35. The minimum absolute atomic E-state index is 0.0921. The molecule has 1 amide bonds. The first kappa shape index (κ1) is 18.2. The number of carbonyl (C=O) groups excluding carboxylic acids is 2. The highest BCUT2D eigenvalue weighted by Crippen LogP contribution is 2.24. The molecular weight excluding hydrogens is 370 g/mol. The lowest BCUT2D eigenvalue weighted by Gasteiger charge is -2.00. The van der Waals surface area contributed by atoms with Crippen LogP contribution in [0.5, 0.6) is 0 Å². The molecule has 0 saturated carbocycles. The molecule has 0 fully saturated rings. The minimum atomic E-state index is -0.362. The standard InChI is InChI=1S/C18H17N3O3S2/c1-11-3-5-12(6-4-11)17-19-13(9-25-17)7-15(22)21-18-20-14(10-26-18)8-16(23)24-2/h3-6,9-10H,7-8H2,1-2H3,(H,20,21,22). The van der Waals surface area contributed by atoms with Crippen LogP contribution in [0.15, 0.2) is 35.0 Å². The van der Waals surface area contributed by atoms with E-state index in [1.165, 1.54) is 35.3 Å². The number of rotatable bonds is 6. The molecule has 0 radical (unpaired) electrons. The summed E-state index contributed by atoms with van der Waals surface area (Å²) in [6.45, 7) is 2.04. The van der Waals surface area contributed by atoms with Crippen LogP contribution in [-0.2, 0) is 27.2 Å². The number of nitrogens with one attached hydrogen (secondary N) is 1. The van der Waals surface area contributed by atoms with Crippen LogP contribution in [-0.4, -0.2) is 29.0 Å². The van der Waals surface area contributed by atoms with Crippen molar-refractivity contribution in [2.45, 2.75) is 19.8 Å². The van der Waals surface area contributed by atoms with E-state index in [2.05, 4.69) is 20.0 Å². The fraction of sp³-hybridized carbons (Fsp3) is 0.222. The number of aryl methyl sites for hydroxylation is 1. The molecule has 8 heteroatoms. The molecular formula is C18H17N3O3S2. The second kappa shape index (κ2) is 8.20. The van der Waals surface area contributed by atoms with E-state index in [0.29, 0.717) is 10.8 Å². The van der Waals surface area contributed by atoms with Crippen molar-refractivity contribution < 1.29 is 14.3 Å². The van der Waals surface area contributed by atoms with Gasteiger partial charge >= 0.3 is 5.97 Å². The van der Waals surface area contributed by atoms with E-state index in [4.69, 9.17) is 0 Å². The van der Waals surface area contributed by atoms with E-state index >= 15 is 0 Å². The number of nitrogens with zero attached hydrogens (tertiary/aromatic N) is 2. The van der Waals surface area contributed by atoms with Gasteiger partial charge in [-0.1, -0.05) is 29.8 Å². The van der Waals surface area contributed by atoms with Gasteiger partial charge in [0.05, 0.1) is 31.3 Å². The van der Waals surface area contributed by atoms with Crippen LogP contribution in [0.2, 0.25) is 0 Å². The van der Waals surface area contributed by atoms with E-state index in [1.54, 1.807) is 5.38 Å². The Balaban J connectivity index is 1.58. The van der Waals surface area contributed by atoms with Crippen molar-refractivity contribution in [2.24, 2.45) is 0 Å². The van der Waals surface area contributed by atoms with Crippen LogP contribution in [0.3, 0.4) is 0 Å². The third-order valence-corrected chi connectivity index (χ3v) is 5.29. The first-order valence-corrected chi connectivity index (χ1v) is 9.62. The number of hydrogen-bond acceptors (Lipinski definition) is 7. The molecule has 3 aromatic rings. The van der Waals surface area contributed by atoms with Crippen molar-refractivity contribution in [3.05, 3.63) is 52.0 Å². The molecule has 0 aliphatic carbocycles. The van der Waals surface area contributed by atoms with Crippen LogP contribution >= 0.6 is 22.7 Å². The first-order chi connectivity index (χ1) is 12.5. The Kier molecular flexibility index (Phi) is 5.75. The molecule has 0 bridgehead atoms. The normalized spacial score (nSPS) is 10.5. The fourth-order valence-corrected chi connectivity index (χ4v) is 3.76. The van der Waals surface area contributed by atoms with Crippen molar-refractivity contribution >= 4 is 39.7 Å². The molecule has 0 atom stereocenters. The average molecular weight is 387 g/mol. The predicted molar refractivity (Wildman–Crippen MR) is 102 cm³/mol. The van der Waals surface area contributed by atoms with E-state index in [1.807, 2.05) is 36.6 Å². The Morgan fingerprint density at radius 1 is 1.04 bits per heavy atom. The number of ether oxygens (including phenoxy) is 1. The maximum atomic E-state index is 12.2. The number of esters is 1. The average Bonchev–Trinajstić information content (AvgIpc) is 3.25. The third-order valence-electron chi connectivity index (χ3n) is 3.54. The monoisotopic (exact) mass is 387 g/mol. The summed E-state index contributed by atoms with van der Waals surface area (Å²) in [7, 11) is 1.33. The Bertz CT molecular complexity index is 916. The Morgan fingerprint density at radius 2 is 1.73 bits per heavy atom. The van der Waals surface area contributed by atoms with Gasteiger partial charge in [-0.05, 0) is 6.92 Å². The molecule has 1 aromatic carbocycles. The molecule has 0 aliphatic rings. The van der Waals surface area contributed by atoms with Gasteiger partial charge in [0, 0.05) is 16.3 Å². The third kappa shape index (κ3) is 4.74. The van der Waals surface area contributed by atoms with Crippen LogP contribution < -0.4 is 5.32 Å². The van der Waals surface area contributed by atoms with Gasteiger partial charge in [-0.15, -0.1) is 22.7 Å². The van der Waals surface area contributed by atoms with Crippen molar-refractivity contribution in [2.75, 3.05) is 12.4 Å². The Hall–Kier alpha value is -2.58. The van der Waals surface area contributed by atoms with Gasteiger partial charge in [0.15, 0.2) is 5.13 Å². The van der Waals surface area contributed by atoms with Gasteiger partial charge in [-0.3, -0.25) is 9.59 Å². The molecule has 2 aromatic heterocycles. The zero-order valence-corrected chi connectivity index (χ0v) is 15.9. The van der Waals surface area contributed by atoms with Crippen LogP contribution in [0, 0.1) is 6.92 Å². The lowest BCUT2D eigenvalue weighted by molar-refractivity contribution is -0.139. The van der Waals surface area contributed by atoms with Crippen molar-refractivity contribution in [1.82, 2.24) is 9.97 Å². The van der Waals surface area contributed by atoms with E-state index < -0.39 is 0 Å². The van der Waals surface area contributed by atoms with Crippen molar-refractivity contribution in [3.63, 3.8) is 0 Å². The van der Waals surface area contributed by atoms with Gasteiger partial charge in [-0.2, -0.15) is 0 Å². The molecule has 0 saturated heterocycles. The molecule has 2 heterocycles. The lowest BCUT2D eigenvalue weighted by atomic mass is 10.2. The topological polar surface area (TPSA) is 81.2 Å². The molecule has 0 spiro atoms. The molecule has 134 valence electrons. The highest BCUT2D eigenvalue weighted by Gasteiger charge is 2.12. The summed E-state index contributed by atoms with van der Waals surface area (Å²) >= 11 is 2.79. The molecule has 0 unspecified atom stereocenters. The SMILES string of the molecule is COC(=O)Cc1csc(NC(=O)Cc2csc(-c3ccc(C)cc3)n2)n1. The van der Waals surface area contributed by atoms with Gasteiger partial charge in [0.25, 0.3) is 0 Å². The van der Waals surface area contributed by atoms with E-state index in [9.17, 15) is 9.59 Å². The largest absolute Gasteiger partial charge is 0.469 e. The summed E-state index contributed by atoms with van der Waals surface area (Å²) in [4.78, 5) is 32.2. The maximum absolute atomic E-state index is 12.2. The van der Waals surface area contributed by atoms with Crippen molar-refractivity contribution in [1.29, 1.82) is 0 Å². The molecule has 3 rings (SSSR count). The minimum Gasteiger partial charge on any atom is -0.469 e. The molecule has 6 nitrogen and oxygen atoms in total. The van der Waals surface area contributed by atoms with Gasteiger partial charge in [0.2, 0.25) is 5.91 Å². The number of amides is 1. The van der Waals surface area contributed by atoms with Crippen LogP contribution in [0.4, 0.5) is 5.13 Å². The van der Waals surface area contributed by atoms with Gasteiger partial charge in [0.1, 0.15) is 5.01 Å². The van der Waals surface area contributed by atoms with E-state index in [-0.39, 0.29) is 24.7 Å². The van der Waals surface area contributed by atoms with Crippen LogP contribution in [0.25, 0.3) is 10.6 Å². The summed E-state index contributed by atoms with van der Waals surface area (Å²) in [5, 5.41) is 7.71. The zero-order chi connectivity index (χ0) is 18.5. The maximum Gasteiger partial charge on any atom is 0.311 e. The highest BCUT2D eigenvalue weighted by molar-refractivity contribution is 7.14. The lowest BCUT2D eigenvalue weighted by Crippen LogP contribution is -2.14. The van der Waals surface area contributed by atoms with Gasteiger partial charge < -0.3 is 10.1 Å². The number of benzene rings is 1. The number of carbonyl (C=O) groups is 2. The number of hydrogen-bond donors (Lipinski definition) is 1. The number of methoxy groups -OCH3 is 1. The van der Waals surface area contributed by atoms with Gasteiger partial charge in [-0.25, -0.2) is 9.97 Å². The fourth-order valence-electron chi connectivity index (χ4n) is 2.21. The summed E-state index contributed by atoms with van der Waals surface area (Å²) in [5.74, 6) is -0.552. The number of anilines is 1. The second-order valence-electron chi connectivity index (χ2n) is 5.63. The predicted octanol–water partition coefficient (Wildman–Crippen LogP) is 3.47. The summed E-state index contributed by atoms with van der Waals surface area (Å²) in [6, 6.07) is 8.13. The summed E-state index contributed by atoms with van der Waals surface area (Å²) < 4.78 is 4.60. The smallest absolute Gasteiger partial charge is 0.311 e. The number of aromatic nitrogens is 2.